The van der Waals surface area contributed by atoms with E-state index >= 15 is 0 Å². The van der Waals surface area contributed by atoms with Gasteiger partial charge in [-0.2, -0.15) is 0 Å². The molecule has 1 aromatic heterocycles. The van der Waals surface area contributed by atoms with Crippen molar-refractivity contribution in [2.75, 3.05) is 6.54 Å². The normalized spacial score (nSPS) is 10.5. The molecule has 0 saturated carbocycles. The number of benzene rings is 2. The van der Waals surface area contributed by atoms with Gasteiger partial charge in [0.2, 0.25) is 0 Å². The van der Waals surface area contributed by atoms with Gasteiger partial charge in [-0.25, -0.2) is 0 Å². The lowest BCUT2D eigenvalue weighted by atomic mass is 10.0. The number of furan rings is 1. The molecule has 0 aliphatic rings. The van der Waals surface area contributed by atoms with Crippen molar-refractivity contribution in [3.8, 4) is 5.75 Å². The molecule has 3 rings (SSSR count). The molecule has 2 aromatic carbocycles. The maximum atomic E-state index is 12.3. The Morgan fingerprint density at radius 2 is 1.83 bits per heavy atom. The van der Waals surface area contributed by atoms with E-state index in [9.17, 15) is 9.90 Å². The molecular formula is C20H19NO3. The quantitative estimate of drug-likeness (QED) is 0.730. The van der Waals surface area contributed by atoms with Crippen molar-refractivity contribution >= 4 is 5.91 Å². The Balaban J connectivity index is 1.65. The minimum atomic E-state index is -0.283. The van der Waals surface area contributed by atoms with Crippen LogP contribution in [0, 0.1) is 0 Å². The van der Waals surface area contributed by atoms with Crippen LogP contribution in [0.3, 0.4) is 0 Å². The molecule has 1 heterocycles. The zero-order valence-corrected chi connectivity index (χ0v) is 13.2. The van der Waals surface area contributed by atoms with E-state index in [-0.39, 0.29) is 11.7 Å². The Hall–Kier alpha value is -3.01. The summed E-state index contributed by atoms with van der Waals surface area (Å²) in [6.07, 6.45) is 2.94. The van der Waals surface area contributed by atoms with Gasteiger partial charge in [0.15, 0.2) is 0 Å². The van der Waals surface area contributed by atoms with Crippen molar-refractivity contribution in [2.45, 2.75) is 12.8 Å². The largest absolute Gasteiger partial charge is 0.507 e. The van der Waals surface area contributed by atoms with E-state index in [1.807, 2.05) is 48.5 Å². The third kappa shape index (κ3) is 4.04. The average molecular weight is 321 g/mol. The first-order valence-electron chi connectivity index (χ1n) is 7.89. The fourth-order valence-corrected chi connectivity index (χ4v) is 2.56. The van der Waals surface area contributed by atoms with Gasteiger partial charge in [0, 0.05) is 13.0 Å². The number of nitrogens with one attached hydrogen (secondary N) is 1. The predicted molar refractivity (Wildman–Crippen MR) is 92.1 cm³/mol. The topological polar surface area (TPSA) is 62.5 Å². The molecule has 0 atom stereocenters. The van der Waals surface area contributed by atoms with Crippen LogP contribution in [-0.2, 0) is 12.8 Å². The van der Waals surface area contributed by atoms with E-state index < -0.39 is 0 Å². The summed E-state index contributed by atoms with van der Waals surface area (Å²) in [6, 6.07) is 18.8. The molecule has 4 heteroatoms. The highest BCUT2D eigenvalue weighted by molar-refractivity contribution is 5.97. The minimum Gasteiger partial charge on any atom is -0.507 e. The molecule has 3 aromatic rings. The SMILES string of the molecule is O=C(NCCc1ccco1)c1cc(Cc2ccccc2)ccc1O. The molecule has 122 valence electrons. The number of hydrogen-bond donors (Lipinski definition) is 2. The van der Waals surface area contributed by atoms with Crippen LogP contribution in [0.25, 0.3) is 0 Å². The highest BCUT2D eigenvalue weighted by Gasteiger charge is 2.12. The van der Waals surface area contributed by atoms with E-state index in [4.69, 9.17) is 4.42 Å². The van der Waals surface area contributed by atoms with E-state index in [1.165, 1.54) is 0 Å². The third-order valence-corrected chi connectivity index (χ3v) is 3.79. The smallest absolute Gasteiger partial charge is 0.255 e. The first-order chi connectivity index (χ1) is 11.7. The molecular weight excluding hydrogens is 302 g/mol. The fraction of sp³-hybridized carbons (Fsp3) is 0.150. The lowest BCUT2D eigenvalue weighted by Gasteiger charge is -2.09. The Bertz CT molecular complexity index is 795. The Labute approximate surface area is 140 Å². The van der Waals surface area contributed by atoms with Crippen LogP contribution in [0.2, 0.25) is 0 Å². The van der Waals surface area contributed by atoms with Crippen LogP contribution in [0.1, 0.15) is 27.2 Å². The molecule has 0 aliphatic carbocycles. The van der Waals surface area contributed by atoms with Gasteiger partial charge in [0.25, 0.3) is 5.91 Å². The monoisotopic (exact) mass is 321 g/mol. The Morgan fingerprint density at radius 3 is 2.58 bits per heavy atom. The molecule has 0 spiro atoms. The molecule has 2 N–H and O–H groups in total. The number of carbonyl (C=O) groups is 1. The summed E-state index contributed by atoms with van der Waals surface area (Å²) in [5.74, 6) is 0.522. The van der Waals surface area contributed by atoms with E-state index in [0.717, 1.165) is 16.9 Å². The van der Waals surface area contributed by atoms with Gasteiger partial charge in [-0.05, 0) is 41.8 Å². The molecule has 4 nitrogen and oxygen atoms in total. The number of amides is 1. The fourth-order valence-electron chi connectivity index (χ4n) is 2.56. The van der Waals surface area contributed by atoms with Crippen LogP contribution in [-0.4, -0.2) is 17.6 Å². The van der Waals surface area contributed by atoms with Gasteiger partial charge in [0.1, 0.15) is 11.5 Å². The molecule has 0 bridgehead atoms. The van der Waals surface area contributed by atoms with Gasteiger partial charge in [-0.15, -0.1) is 0 Å². The van der Waals surface area contributed by atoms with Crippen LogP contribution >= 0.6 is 0 Å². The van der Waals surface area contributed by atoms with Crippen molar-refractivity contribution < 1.29 is 14.3 Å². The minimum absolute atomic E-state index is 0.0117. The number of rotatable bonds is 6. The first-order valence-corrected chi connectivity index (χ1v) is 7.89. The maximum Gasteiger partial charge on any atom is 0.255 e. The molecule has 0 aliphatic heterocycles. The number of aromatic hydroxyl groups is 1. The van der Waals surface area contributed by atoms with Gasteiger partial charge in [-0.1, -0.05) is 36.4 Å². The summed E-state index contributed by atoms with van der Waals surface area (Å²) in [5, 5.41) is 12.8. The van der Waals surface area contributed by atoms with E-state index in [0.29, 0.717) is 24.9 Å². The Kier molecular flexibility index (Phi) is 4.96. The standard InChI is InChI=1S/C20H19NO3/c22-19-9-8-16(13-15-5-2-1-3-6-15)14-18(19)20(23)21-11-10-17-7-4-12-24-17/h1-9,12,14,22H,10-11,13H2,(H,21,23). The second-order valence-corrected chi connectivity index (χ2v) is 5.60. The van der Waals surface area contributed by atoms with Crippen LogP contribution < -0.4 is 5.32 Å². The second-order valence-electron chi connectivity index (χ2n) is 5.60. The summed E-state index contributed by atoms with van der Waals surface area (Å²) < 4.78 is 5.23. The maximum absolute atomic E-state index is 12.3. The predicted octanol–water partition coefficient (Wildman–Crippen LogP) is 3.55. The van der Waals surface area contributed by atoms with Crippen LogP contribution in [0.4, 0.5) is 0 Å². The summed E-state index contributed by atoms with van der Waals surface area (Å²) in [7, 11) is 0. The number of phenols is 1. The zero-order valence-electron chi connectivity index (χ0n) is 13.2. The van der Waals surface area contributed by atoms with Crippen LogP contribution in [0.15, 0.2) is 71.3 Å². The van der Waals surface area contributed by atoms with Gasteiger partial charge in [-0.3, -0.25) is 4.79 Å². The van der Waals surface area contributed by atoms with Crippen molar-refractivity contribution in [1.82, 2.24) is 5.32 Å². The highest BCUT2D eigenvalue weighted by Crippen LogP contribution is 2.20. The Morgan fingerprint density at radius 1 is 1.00 bits per heavy atom. The highest BCUT2D eigenvalue weighted by atomic mass is 16.3. The van der Waals surface area contributed by atoms with Gasteiger partial charge < -0.3 is 14.8 Å². The average Bonchev–Trinajstić information content (AvgIpc) is 3.11. The van der Waals surface area contributed by atoms with Crippen molar-refractivity contribution in [1.29, 1.82) is 0 Å². The van der Waals surface area contributed by atoms with Crippen molar-refractivity contribution in [3.63, 3.8) is 0 Å². The van der Waals surface area contributed by atoms with Crippen molar-refractivity contribution in [2.24, 2.45) is 0 Å². The third-order valence-electron chi connectivity index (χ3n) is 3.79. The zero-order chi connectivity index (χ0) is 16.8. The summed E-state index contributed by atoms with van der Waals surface area (Å²) >= 11 is 0. The first kappa shape index (κ1) is 15.9. The second kappa shape index (κ2) is 7.51. The van der Waals surface area contributed by atoms with Gasteiger partial charge >= 0.3 is 0 Å². The van der Waals surface area contributed by atoms with Crippen molar-refractivity contribution in [3.05, 3.63) is 89.4 Å². The number of phenolic OH excluding ortho intramolecular Hbond substituents is 1. The summed E-state index contributed by atoms with van der Waals surface area (Å²) in [6.45, 7) is 0.453. The van der Waals surface area contributed by atoms with Crippen LogP contribution in [0.5, 0.6) is 5.75 Å². The molecule has 0 unspecified atom stereocenters. The molecule has 0 saturated heterocycles. The summed E-state index contributed by atoms with van der Waals surface area (Å²) in [5.41, 5.74) is 2.44. The summed E-state index contributed by atoms with van der Waals surface area (Å²) in [4.78, 5) is 12.3. The van der Waals surface area contributed by atoms with E-state index in [1.54, 1.807) is 18.4 Å². The lowest BCUT2D eigenvalue weighted by molar-refractivity contribution is 0.0951. The molecule has 0 fully saturated rings. The van der Waals surface area contributed by atoms with E-state index in [2.05, 4.69) is 5.32 Å². The number of carbonyl (C=O) groups excluding carboxylic acids is 1. The molecule has 0 radical (unpaired) electrons. The lowest BCUT2D eigenvalue weighted by Crippen LogP contribution is -2.25. The number of hydrogen-bond acceptors (Lipinski definition) is 3. The molecule has 24 heavy (non-hydrogen) atoms. The van der Waals surface area contributed by atoms with Gasteiger partial charge in [0.05, 0.1) is 11.8 Å². The molecule has 1 amide bonds.